The van der Waals surface area contributed by atoms with Crippen LogP contribution in [-0.4, -0.2) is 43.4 Å². The Morgan fingerprint density at radius 1 is 1.04 bits per heavy atom. The van der Waals surface area contributed by atoms with Gasteiger partial charge in [-0.05, 0) is 37.3 Å². The molecule has 1 heterocycles. The lowest BCUT2D eigenvalue weighted by atomic mass is 10.2. The van der Waals surface area contributed by atoms with E-state index in [-0.39, 0.29) is 6.61 Å². The number of methoxy groups -OCH3 is 2. The van der Waals surface area contributed by atoms with Crippen LogP contribution in [0.5, 0.6) is 17.2 Å². The normalized spacial score (nSPS) is 10.4. The summed E-state index contributed by atoms with van der Waals surface area (Å²) >= 11 is 0. The summed E-state index contributed by atoms with van der Waals surface area (Å²) < 4.78 is 20.9. The number of hydrogen-bond acceptors (Lipinski definition) is 8. The van der Waals surface area contributed by atoms with E-state index in [1.807, 2.05) is 18.2 Å². The monoisotopic (exact) mass is 383 g/mol. The summed E-state index contributed by atoms with van der Waals surface area (Å²) in [6, 6.07) is 10.8. The Morgan fingerprint density at radius 2 is 1.75 bits per heavy atom. The Balaban J connectivity index is 1.78. The highest BCUT2D eigenvalue weighted by Crippen LogP contribution is 2.34. The van der Waals surface area contributed by atoms with E-state index in [0.717, 1.165) is 16.6 Å². The van der Waals surface area contributed by atoms with Crippen LogP contribution >= 0.6 is 0 Å². The van der Waals surface area contributed by atoms with Crippen LogP contribution in [0.1, 0.15) is 6.92 Å². The van der Waals surface area contributed by atoms with Crippen molar-refractivity contribution in [3.63, 3.8) is 0 Å². The highest BCUT2D eigenvalue weighted by Gasteiger charge is 2.11. The molecule has 2 aromatic carbocycles. The van der Waals surface area contributed by atoms with Gasteiger partial charge in [0.15, 0.2) is 18.1 Å². The van der Waals surface area contributed by atoms with Gasteiger partial charge in [-0.1, -0.05) is 0 Å². The molecule has 3 rings (SSSR count). The summed E-state index contributed by atoms with van der Waals surface area (Å²) in [5, 5.41) is 4.05. The molecular formula is C20H21N3O5. The van der Waals surface area contributed by atoms with Crippen molar-refractivity contribution in [2.75, 3.05) is 32.8 Å². The van der Waals surface area contributed by atoms with Crippen LogP contribution in [0.4, 0.5) is 11.5 Å². The van der Waals surface area contributed by atoms with Crippen molar-refractivity contribution in [2.24, 2.45) is 0 Å². The van der Waals surface area contributed by atoms with Crippen LogP contribution in [0, 0.1) is 0 Å². The Morgan fingerprint density at radius 3 is 2.43 bits per heavy atom. The van der Waals surface area contributed by atoms with Gasteiger partial charge in [0, 0.05) is 17.1 Å². The van der Waals surface area contributed by atoms with E-state index in [0.29, 0.717) is 29.7 Å². The van der Waals surface area contributed by atoms with Crippen LogP contribution in [0.15, 0.2) is 42.7 Å². The summed E-state index contributed by atoms with van der Waals surface area (Å²) in [6.07, 6.45) is 1.48. The molecule has 0 aliphatic heterocycles. The molecule has 0 aliphatic carbocycles. The maximum Gasteiger partial charge on any atom is 0.344 e. The van der Waals surface area contributed by atoms with Crippen molar-refractivity contribution in [3.05, 3.63) is 42.7 Å². The quantitative estimate of drug-likeness (QED) is 0.592. The van der Waals surface area contributed by atoms with Gasteiger partial charge in [0.2, 0.25) is 0 Å². The largest absolute Gasteiger partial charge is 0.493 e. The van der Waals surface area contributed by atoms with Crippen molar-refractivity contribution < 1.29 is 23.7 Å². The number of rotatable bonds is 8. The van der Waals surface area contributed by atoms with E-state index in [1.54, 1.807) is 39.3 Å². The lowest BCUT2D eigenvalue weighted by Crippen LogP contribution is -2.14. The van der Waals surface area contributed by atoms with E-state index >= 15 is 0 Å². The van der Waals surface area contributed by atoms with E-state index in [4.69, 9.17) is 18.9 Å². The molecule has 0 bridgehead atoms. The molecule has 0 atom stereocenters. The number of hydrogen-bond donors (Lipinski definition) is 1. The van der Waals surface area contributed by atoms with Crippen LogP contribution in [-0.2, 0) is 9.53 Å². The predicted molar refractivity (Wildman–Crippen MR) is 104 cm³/mol. The molecule has 0 saturated heterocycles. The van der Waals surface area contributed by atoms with E-state index in [1.165, 1.54) is 6.33 Å². The average molecular weight is 383 g/mol. The summed E-state index contributed by atoms with van der Waals surface area (Å²) in [5.74, 6) is 1.99. The molecule has 8 heteroatoms. The lowest BCUT2D eigenvalue weighted by Gasteiger charge is -2.12. The number of benzene rings is 2. The van der Waals surface area contributed by atoms with Gasteiger partial charge in [0.1, 0.15) is 17.9 Å². The highest BCUT2D eigenvalue weighted by molar-refractivity contribution is 5.93. The molecule has 0 saturated carbocycles. The fraction of sp³-hybridized carbons (Fsp3) is 0.250. The van der Waals surface area contributed by atoms with Crippen molar-refractivity contribution in [2.45, 2.75) is 6.92 Å². The highest BCUT2D eigenvalue weighted by atomic mass is 16.6. The Hall–Kier alpha value is -3.55. The molecule has 3 aromatic rings. The van der Waals surface area contributed by atoms with E-state index in [2.05, 4.69) is 15.3 Å². The summed E-state index contributed by atoms with van der Waals surface area (Å²) in [4.78, 5) is 20.0. The Bertz CT molecular complexity index is 960. The van der Waals surface area contributed by atoms with Gasteiger partial charge in [0.25, 0.3) is 0 Å². The molecule has 28 heavy (non-hydrogen) atoms. The number of aromatic nitrogens is 2. The third-order valence-corrected chi connectivity index (χ3v) is 3.92. The van der Waals surface area contributed by atoms with Gasteiger partial charge < -0.3 is 24.3 Å². The van der Waals surface area contributed by atoms with Crippen LogP contribution in [0.2, 0.25) is 0 Å². The summed E-state index contributed by atoms with van der Waals surface area (Å²) in [5.41, 5.74) is 1.53. The molecule has 0 spiro atoms. The molecule has 0 unspecified atom stereocenters. The van der Waals surface area contributed by atoms with Gasteiger partial charge in [-0.15, -0.1) is 0 Å². The van der Waals surface area contributed by atoms with Crippen LogP contribution < -0.4 is 19.5 Å². The third kappa shape index (κ3) is 4.40. The van der Waals surface area contributed by atoms with Crippen molar-refractivity contribution in [3.8, 4) is 17.2 Å². The first-order chi connectivity index (χ1) is 13.6. The van der Waals surface area contributed by atoms with Gasteiger partial charge in [-0.25, -0.2) is 14.8 Å². The van der Waals surface area contributed by atoms with Crippen LogP contribution in [0.3, 0.4) is 0 Å². The summed E-state index contributed by atoms with van der Waals surface area (Å²) in [6.45, 7) is 1.95. The van der Waals surface area contributed by atoms with Crippen molar-refractivity contribution in [1.29, 1.82) is 0 Å². The van der Waals surface area contributed by atoms with E-state index in [9.17, 15) is 4.79 Å². The maximum absolute atomic E-state index is 11.4. The third-order valence-electron chi connectivity index (χ3n) is 3.92. The minimum absolute atomic E-state index is 0.126. The molecule has 0 aliphatic rings. The number of fused-ring (bicyclic) bond motifs is 1. The fourth-order valence-corrected chi connectivity index (χ4v) is 2.60. The molecule has 0 amide bonds. The van der Waals surface area contributed by atoms with Gasteiger partial charge >= 0.3 is 5.97 Å². The molecular weight excluding hydrogens is 362 g/mol. The zero-order valence-corrected chi connectivity index (χ0v) is 15.9. The van der Waals surface area contributed by atoms with Gasteiger partial charge in [-0.3, -0.25) is 0 Å². The summed E-state index contributed by atoms with van der Waals surface area (Å²) in [7, 11) is 3.16. The second-order valence-electron chi connectivity index (χ2n) is 5.69. The molecule has 1 N–H and O–H groups in total. The SMILES string of the molecule is CCOC(=O)COc1ccc(Nc2ncnc3cc(OC)c(OC)cc23)cc1. The van der Waals surface area contributed by atoms with Crippen molar-refractivity contribution >= 4 is 28.4 Å². The maximum atomic E-state index is 11.4. The first kappa shape index (κ1) is 19.2. The smallest absolute Gasteiger partial charge is 0.344 e. The van der Waals surface area contributed by atoms with Crippen molar-refractivity contribution in [1.82, 2.24) is 9.97 Å². The number of nitrogens with zero attached hydrogens (tertiary/aromatic N) is 2. The zero-order chi connectivity index (χ0) is 19.9. The number of anilines is 2. The molecule has 146 valence electrons. The van der Waals surface area contributed by atoms with Crippen LogP contribution in [0.25, 0.3) is 10.9 Å². The zero-order valence-electron chi connectivity index (χ0n) is 15.9. The van der Waals surface area contributed by atoms with Gasteiger partial charge in [0.05, 0.1) is 26.3 Å². The first-order valence-corrected chi connectivity index (χ1v) is 8.66. The number of carbonyl (C=O) groups is 1. The minimum atomic E-state index is -0.401. The molecule has 1 aromatic heterocycles. The standard InChI is InChI=1S/C20H21N3O5/c1-4-27-19(24)11-28-14-7-5-13(6-8-14)23-20-15-9-17(25-2)18(26-3)10-16(15)21-12-22-20/h5-10,12H,4,11H2,1-3H3,(H,21,22,23). The fourth-order valence-electron chi connectivity index (χ4n) is 2.60. The number of esters is 1. The Labute approximate surface area is 162 Å². The average Bonchev–Trinajstić information content (AvgIpc) is 2.72. The predicted octanol–water partition coefficient (Wildman–Crippen LogP) is 3.33. The topological polar surface area (TPSA) is 91.8 Å². The molecule has 0 fully saturated rings. The number of nitrogens with one attached hydrogen (secondary N) is 1. The molecule has 8 nitrogen and oxygen atoms in total. The molecule has 0 radical (unpaired) electrons. The first-order valence-electron chi connectivity index (χ1n) is 8.66. The minimum Gasteiger partial charge on any atom is -0.493 e. The van der Waals surface area contributed by atoms with Gasteiger partial charge in [-0.2, -0.15) is 0 Å². The lowest BCUT2D eigenvalue weighted by molar-refractivity contribution is -0.145. The Kier molecular flexibility index (Phi) is 6.11. The second-order valence-corrected chi connectivity index (χ2v) is 5.69. The number of ether oxygens (including phenoxy) is 4. The van der Waals surface area contributed by atoms with E-state index < -0.39 is 5.97 Å². The second kappa shape index (κ2) is 8.90. The number of carbonyl (C=O) groups excluding carboxylic acids is 1.